The van der Waals surface area contributed by atoms with Crippen LogP contribution in [0.2, 0.25) is 0 Å². The number of aryl methyl sites for hydroxylation is 1. The Kier molecular flexibility index (Phi) is 5.23. The van der Waals surface area contributed by atoms with Crippen LogP contribution in [0, 0.1) is 19.7 Å². The zero-order valence-corrected chi connectivity index (χ0v) is 18.7. The van der Waals surface area contributed by atoms with Gasteiger partial charge >= 0.3 is 0 Å². The van der Waals surface area contributed by atoms with Crippen LogP contribution in [0.5, 0.6) is 0 Å². The monoisotopic (exact) mass is 442 g/mol. The summed E-state index contributed by atoms with van der Waals surface area (Å²) in [6.07, 6.45) is 1.80. The molecule has 32 heavy (non-hydrogen) atoms. The van der Waals surface area contributed by atoms with E-state index in [0.29, 0.717) is 10.8 Å². The molecule has 2 atom stereocenters. The van der Waals surface area contributed by atoms with Crippen LogP contribution in [-0.4, -0.2) is 14.7 Å². The Morgan fingerprint density at radius 3 is 2.38 bits per heavy atom. The smallest absolute Gasteiger partial charge is 0.174 e. The number of hydrogen-bond donors (Lipinski definition) is 1. The van der Waals surface area contributed by atoms with Gasteiger partial charge in [0.1, 0.15) is 5.82 Å². The minimum Gasteiger partial charge on any atom is -0.351 e. The lowest BCUT2D eigenvalue weighted by atomic mass is 9.96. The van der Waals surface area contributed by atoms with Gasteiger partial charge in [0.05, 0.1) is 23.5 Å². The molecule has 4 nitrogen and oxygen atoms in total. The first-order chi connectivity index (χ1) is 15.6. The Hall–Kier alpha value is -3.51. The summed E-state index contributed by atoms with van der Waals surface area (Å²) in [5, 5.41) is 4.13. The third-order valence-electron chi connectivity index (χ3n) is 6.01. The molecule has 0 radical (unpaired) electrons. The third kappa shape index (κ3) is 3.37. The lowest BCUT2D eigenvalue weighted by Crippen LogP contribution is -2.29. The second-order valence-corrected chi connectivity index (χ2v) is 8.33. The second-order valence-electron chi connectivity index (χ2n) is 7.95. The Morgan fingerprint density at radius 1 is 0.938 bits per heavy atom. The topological polar surface area (TPSA) is 33.1 Å². The van der Waals surface area contributed by atoms with Crippen molar-refractivity contribution in [1.82, 2.24) is 14.9 Å². The van der Waals surface area contributed by atoms with E-state index in [9.17, 15) is 4.39 Å². The molecule has 5 rings (SSSR count). The van der Waals surface area contributed by atoms with E-state index in [1.807, 2.05) is 66.9 Å². The van der Waals surface area contributed by atoms with Crippen LogP contribution in [0.25, 0.3) is 5.69 Å². The fraction of sp³-hybridized carbons (Fsp3) is 0.154. The molecule has 1 fully saturated rings. The quantitative estimate of drug-likeness (QED) is 0.405. The van der Waals surface area contributed by atoms with Gasteiger partial charge in [0.25, 0.3) is 0 Å². The lowest BCUT2D eigenvalue weighted by molar-refractivity contribution is 0.564. The molecule has 4 aromatic rings. The van der Waals surface area contributed by atoms with Gasteiger partial charge < -0.3 is 14.8 Å². The molecule has 0 amide bonds. The maximum absolute atomic E-state index is 14.7. The SMILES string of the molecule is Cc1cc([C@@H]2[C@H](c3ccccn3)NC(=S)N2c2ccccc2)c(C)n1-c1ccccc1F. The summed E-state index contributed by atoms with van der Waals surface area (Å²) in [6.45, 7) is 4.04. The Balaban J connectivity index is 1.70. The Labute approximate surface area is 192 Å². The van der Waals surface area contributed by atoms with Crippen molar-refractivity contribution in [3.63, 3.8) is 0 Å². The van der Waals surface area contributed by atoms with Crippen LogP contribution in [0.4, 0.5) is 10.1 Å². The number of thiocarbonyl (C=S) groups is 1. The first-order valence-electron chi connectivity index (χ1n) is 10.6. The summed E-state index contributed by atoms with van der Waals surface area (Å²) in [4.78, 5) is 6.76. The molecular formula is C26H23FN4S. The van der Waals surface area contributed by atoms with Gasteiger partial charge in [-0.15, -0.1) is 0 Å². The second kappa shape index (κ2) is 8.20. The van der Waals surface area contributed by atoms with Gasteiger partial charge in [-0.05, 0) is 74.1 Å². The van der Waals surface area contributed by atoms with Crippen molar-refractivity contribution in [3.05, 3.63) is 114 Å². The Bertz CT molecular complexity index is 1270. The highest BCUT2D eigenvalue weighted by molar-refractivity contribution is 7.80. The van der Waals surface area contributed by atoms with E-state index in [0.717, 1.165) is 28.3 Å². The van der Waals surface area contributed by atoms with Gasteiger partial charge in [0, 0.05) is 23.3 Å². The number of aromatic nitrogens is 2. The highest BCUT2D eigenvalue weighted by atomic mass is 32.1. The average Bonchev–Trinajstić information content (AvgIpc) is 3.31. The number of nitrogens with one attached hydrogen (secondary N) is 1. The summed E-state index contributed by atoms with van der Waals surface area (Å²) < 4.78 is 16.7. The first kappa shape index (κ1) is 20.4. The van der Waals surface area contributed by atoms with Crippen LogP contribution in [0.3, 0.4) is 0 Å². The van der Waals surface area contributed by atoms with Crippen LogP contribution in [0.15, 0.2) is 85.1 Å². The van der Waals surface area contributed by atoms with Crippen LogP contribution < -0.4 is 10.2 Å². The molecule has 0 aliphatic carbocycles. The van der Waals surface area contributed by atoms with E-state index >= 15 is 0 Å². The van der Waals surface area contributed by atoms with Crippen LogP contribution >= 0.6 is 12.2 Å². The molecule has 0 bridgehead atoms. The molecule has 0 spiro atoms. The van der Waals surface area contributed by atoms with Crippen molar-refractivity contribution in [3.8, 4) is 5.69 Å². The number of para-hydroxylation sites is 2. The van der Waals surface area contributed by atoms with Crippen molar-refractivity contribution in [2.75, 3.05) is 4.90 Å². The van der Waals surface area contributed by atoms with E-state index in [-0.39, 0.29) is 17.9 Å². The highest BCUT2D eigenvalue weighted by Gasteiger charge is 2.42. The predicted octanol–water partition coefficient (Wildman–Crippen LogP) is 5.81. The number of nitrogens with zero attached hydrogens (tertiary/aromatic N) is 3. The predicted molar refractivity (Wildman–Crippen MR) is 130 cm³/mol. The number of benzene rings is 2. The van der Waals surface area contributed by atoms with Crippen molar-refractivity contribution in [2.24, 2.45) is 0 Å². The van der Waals surface area contributed by atoms with E-state index in [1.165, 1.54) is 6.07 Å². The van der Waals surface area contributed by atoms with E-state index in [4.69, 9.17) is 12.2 Å². The molecule has 1 aliphatic rings. The number of halogens is 1. The molecule has 160 valence electrons. The molecule has 2 aromatic carbocycles. The van der Waals surface area contributed by atoms with E-state index < -0.39 is 0 Å². The molecule has 2 aromatic heterocycles. The van der Waals surface area contributed by atoms with E-state index in [2.05, 4.69) is 33.4 Å². The summed E-state index contributed by atoms with van der Waals surface area (Å²) in [6, 6.07) is 24.7. The summed E-state index contributed by atoms with van der Waals surface area (Å²) >= 11 is 5.79. The van der Waals surface area contributed by atoms with Crippen molar-refractivity contribution < 1.29 is 4.39 Å². The molecular weight excluding hydrogens is 419 g/mol. The van der Waals surface area contributed by atoms with Gasteiger partial charge in [0.15, 0.2) is 5.11 Å². The minimum atomic E-state index is -0.248. The molecule has 3 heterocycles. The van der Waals surface area contributed by atoms with Crippen LogP contribution in [0.1, 0.15) is 34.7 Å². The van der Waals surface area contributed by atoms with Crippen molar-refractivity contribution in [2.45, 2.75) is 25.9 Å². The maximum Gasteiger partial charge on any atom is 0.174 e. The fourth-order valence-corrected chi connectivity index (χ4v) is 4.97. The highest BCUT2D eigenvalue weighted by Crippen LogP contribution is 2.43. The number of hydrogen-bond acceptors (Lipinski definition) is 2. The largest absolute Gasteiger partial charge is 0.351 e. The Morgan fingerprint density at radius 2 is 1.66 bits per heavy atom. The molecule has 0 unspecified atom stereocenters. The van der Waals surface area contributed by atoms with Crippen molar-refractivity contribution in [1.29, 1.82) is 0 Å². The molecule has 0 saturated carbocycles. The van der Waals surface area contributed by atoms with Crippen molar-refractivity contribution >= 4 is 23.0 Å². The van der Waals surface area contributed by atoms with Crippen LogP contribution in [-0.2, 0) is 0 Å². The standard InChI is InChI=1S/C26H23FN4S/c1-17-16-20(18(2)30(17)23-14-7-6-12-21(23)27)25-24(22-13-8-9-15-28-22)29-26(32)31(25)19-10-4-3-5-11-19/h3-16,24-25H,1-2H3,(H,29,32)/t24-,25+/m0/s1. The van der Waals surface area contributed by atoms with Gasteiger partial charge in [-0.2, -0.15) is 0 Å². The van der Waals surface area contributed by atoms with E-state index in [1.54, 1.807) is 12.3 Å². The normalized spacial score (nSPS) is 18.1. The van der Waals surface area contributed by atoms with Gasteiger partial charge in [-0.1, -0.05) is 36.4 Å². The summed E-state index contributed by atoms with van der Waals surface area (Å²) in [7, 11) is 0. The minimum absolute atomic E-state index is 0.133. The summed E-state index contributed by atoms with van der Waals surface area (Å²) in [5.41, 5.74) is 5.48. The molecule has 1 N–H and O–H groups in total. The first-order valence-corrected chi connectivity index (χ1v) is 11.0. The van der Waals surface area contributed by atoms with Gasteiger partial charge in [-0.25, -0.2) is 4.39 Å². The number of pyridine rings is 1. The molecule has 6 heteroatoms. The maximum atomic E-state index is 14.7. The number of rotatable bonds is 4. The number of anilines is 1. The average molecular weight is 443 g/mol. The fourth-order valence-electron chi connectivity index (χ4n) is 4.63. The molecule has 1 aliphatic heterocycles. The third-order valence-corrected chi connectivity index (χ3v) is 6.33. The van der Waals surface area contributed by atoms with Gasteiger partial charge in [0.2, 0.25) is 0 Å². The zero-order valence-electron chi connectivity index (χ0n) is 17.9. The summed E-state index contributed by atoms with van der Waals surface area (Å²) in [5.74, 6) is -0.248. The van der Waals surface area contributed by atoms with Gasteiger partial charge in [-0.3, -0.25) is 4.98 Å². The molecule has 1 saturated heterocycles. The lowest BCUT2D eigenvalue weighted by Gasteiger charge is -2.28. The zero-order chi connectivity index (χ0) is 22.2.